The fourth-order valence-corrected chi connectivity index (χ4v) is 1.97. The van der Waals surface area contributed by atoms with E-state index in [2.05, 4.69) is 5.32 Å². The van der Waals surface area contributed by atoms with Crippen molar-refractivity contribution in [1.29, 1.82) is 0 Å². The van der Waals surface area contributed by atoms with Gasteiger partial charge >= 0.3 is 12.0 Å². The van der Waals surface area contributed by atoms with Gasteiger partial charge in [0.25, 0.3) is 0 Å². The van der Waals surface area contributed by atoms with Gasteiger partial charge in [-0.2, -0.15) is 0 Å². The van der Waals surface area contributed by atoms with Gasteiger partial charge in [-0.15, -0.1) is 0 Å². The number of urea groups is 1. The highest BCUT2D eigenvalue weighted by Gasteiger charge is 2.21. The third-order valence-electron chi connectivity index (χ3n) is 2.79. The van der Waals surface area contributed by atoms with Crippen molar-refractivity contribution in [2.45, 2.75) is 17.9 Å². The Morgan fingerprint density at radius 1 is 1.25 bits per heavy atom. The Bertz CT molecular complexity index is 609. The van der Waals surface area contributed by atoms with Crippen LogP contribution in [0.3, 0.4) is 0 Å². The number of hydrogen-bond donors (Lipinski definition) is 2. The Labute approximate surface area is 117 Å². The molecule has 1 aromatic carbocycles. The molecule has 0 spiro atoms. The van der Waals surface area contributed by atoms with Crippen LogP contribution in [-0.4, -0.2) is 49.8 Å². The number of nitrogens with one attached hydrogen (secondary N) is 1. The number of carbonyl (C=O) groups is 2. The van der Waals surface area contributed by atoms with Crippen molar-refractivity contribution in [3.05, 3.63) is 24.3 Å². The number of amides is 2. The quantitative estimate of drug-likeness (QED) is 0.864. The summed E-state index contributed by atoms with van der Waals surface area (Å²) in [7, 11) is -1.93. The molecule has 8 heteroatoms. The molecule has 0 aliphatic rings. The number of aliphatic carboxylic acids is 1. The van der Waals surface area contributed by atoms with E-state index in [1.807, 2.05) is 0 Å². The van der Waals surface area contributed by atoms with Crippen LogP contribution in [0.4, 0.5) is 10.5 Å². The van der Waals surface area contributed by atoms with Crippen LogP contribution < -0.4 is 5.32 Å². The van der Waals surface area contributed by atoms with E-state index in [9.17, 15) is 18.0 Å². The van der Waals surface area contributed by atoms with Crippen LogP contribution in [0.5, 0.6) is 0 Å². The Kier molecular flexibility index (Phi) is 4.72. The fourth-order valence-electron chi connectivity index (χ4n) is 1.34. The molecule has 0 saturated carbocycles. The molecule has 1 unspecified atom stereocenters. The first-order valence-corrected chi connectivity index (χ1v) is 7.59. The fraction of sp³-hybridized carbons (Fsp3) is 0.333. The molecule has 0 radical (unpaired) electrons. The molecule has 1 aromatic rings. The van der Waals surface area contributed by atoms with Crippen molar-refractivity contribution in [3.8, 4) is 0 Å². The average Bonchev–Trinajstić information content (AvgIpc) is 2.36. The lowest BCUT2D eigenvalue weighted by molar-refractivity contribution is -0.141. The molecule has 2 amide bonds. The predicted octanol–water partition coefficient (Wildman–Crippen LogP) is 1.03. The highest BCUT2D eigenvalue weighted by molar-refractivity contribution is 7.90. The van der Waals surface area contributed by atoms with Gasteiger partial charge in [-0.3, -0.25) is 0 Å². The number of likely N-dealkylation sites (N-methyl/N-ethyl adjacent to an activating group) is 1. The van der Waals surface area contributed by atoms with E-state index in [0.717, 1.165) is 11.2 Å². The molecule has 1 atom stereocenters. The number of carboxylic acid groups (broad SMARTS) is 1. The minimum Gasteiger partial charge on any atom is -0.480 e. The number of sulfone groups is 1. The summed E-state index contributed by atoms with van der Waals surface area (Å²) in [5.41, 5.74) is 0.381. The zero-order valence-electron chi connectivity index (χ0n) is 11.3. The van der Waals surface area contributed by atoms with Crippen LogP contribution >= 0.6 is 0 Å². The molecular formula is C12H16N2O5S. The Morgan fingerprint density at radius 3 is 2.15 bits per heavy atom. The van der Waals surface area contributed by atoms with Crippen LogP contribution in [0.25, 0.3) is 0 Å². The van der Waals surface area contributed by atoms with Gasteiger partial charge in [0, 0.05) is 19.0 Å². The first-order valence-electron chi connectivity index (χ1n) is 5.69. The molecule has 0 aliphatic carbocycles. The molecule has 2 N–H and O–H groups in total. The van der Waals surface area contributed by atoms with E-state index in [-0.39, 0.29) is 4.90 Å². The SMILES string of the molecule is CC(C(=O)O)N(C)C(=O)Nc1ccc(S(C)(=O)=O)cc1. The van der Waals surface area contributed by atoms with E-state index < -0.39 is 27.9 Å². The first kappa shape index (κ1) is 16.0. The van der Waals surface area contributed by atoms with E-state index in [0.29, 0.717) is 5.69 Å². The Morgan fingerprint density at radius 2 is 1.75 bits per heavy atom. The molecule has 0 heterocycles. The predicted molar refractivity (Wildman–Crippen MR) is 73.4 cm³/mol. The smallest absolute Gasteiger partial charge is 0.326 e. The molecule has 0 fully saturated rings. The Hall–Kier alpha value is -2.09. The lowest BCUT2D eigenvalue weighted by atomic mass is 10.3. The van der Waals surface area contributed by atoms with Crippen molar-refractivity contribution in [2.24, 2.45) is 0 Å². The van der Waals surface area contributed by atoms with Gasteiger partial charge in [-0.25, -0.2) is 18.0 Å². The van der Waals surface area contributed by atoms with Crippen molar-refractivity contribution in [3.63, 3.8) is 0 Å². The van der Waals surface area contributed by atoms with Crippen LogP contribution in [0.1, 0.15) is 6.92 Å². The second-order valence-electron chi connectivity index (χ2n) is 4.35. The molecule has 7 nitrogen and oxygen atoms in total. The second-order valence-corrected chi connectivity index (χ2v) is 6.37. The first-order chi connectivity index (χ1) is 9.12. The van der Waals surface area contributed by atoms with Crippen LogP contribution in [0.15, 0.2) is 29.2 Å². The number of benzene rings is 1. The summed E-state index contributed by atoms with van der Waals surface area (Å²) in [6.45, 7) is 1.38. The standard InChI is InChI=1S/C12H16N2O5S/c1-8(11(15)16)14(2)12(17)13-9-4-6-10(7-5-9)20(3,18)19/h4-8H,1-3H3,(H,13,17)(H,15,16). The number of anilines is 1. The zero-order chi connectivity index (χ0) is 15.5. The van der Waals surface area contributed by atoms with Crippen molar-refractivity contribution >= 4 is 27.5 Å². The molecule has 0 bridgehead atoms. The lowest BCUT2D eigenvalue weighted by Gasteiger charge is -2.21. The summed E-state index contributed by atoms with van der Waals surface area (Å²) >= 11 is 0. The average molecular weight is 300 g/mol. The largest absolute Gasteiger partial charge is 0.480 e. The minimum atomic E-state index is -3.29. The summed E-state index contributed by atoms with van der Waals surface area (Å²) in [6.07, 6.45) is 1.09. The number of rotatable bonds is 4. The third-order valence-corrected chi connectivity index (χ3v) is 3.92. The number of nitrogens with zero attached hydrogens (tertiary/aromatic N) is 1. The van der Waals surface area contributed by atoms with Gasteiger partial charge in [0.2, 0.25) is 0 Å². The normalized spacial score (nSPS) is 12.6. The van der Waals surface area contributed by atoms with Gasteiger partial charge in [0.15, 0.2) is 9.84 Å². The number of hydrogen-bond acceptors (Lipinski definition) is 4. The van der Waals surface area contributed by atoms with Gasteiger partial charge in [0.1, 0.15) is 6.04 Å². The molecule has 0 saturated heterocycles. The molecule has 0 aliphatic heterocycles. The lowest BCUT2D eigenvalue weighted by Crippen LogP contribution is -2.42. The van der Waals surface area contributed by atoms with Crippen LogP contribution in [0, 0.1) is 0 Å². The summed E-state index contributed by atoms with van der Waals surface area (Å²) in [5, 5.41) is 11.3. The monoisotopic (exact) mass is 300 g/mol. The van der Waals surface area contributed by atoms with E-state index >= 15 is 0 Å². The van der Waals surface area contributed by atoms with Gasteiger partial charge in [0.05, 0.1) is 4.90 Å². The van der Waals surface area contributed by atoms with E-state index in [4.69, 9.17) is 5.11 Å². The summed E-state index contributed by atoms with van der Waals surface area (Å²) < 4.78 is 22.6. The van der Waals surface area contributed by atoms with Crippen molar-refractivity contribution in [1.82, 2.24) is 4.90 Å². The summed E-state index contributed by atoms with van der Waals surface area (Å²) in [6, 6.07) is 4.05. The summed E-state index contributed by atoms with van der Waals surface area (Å²) in [5.74, 6) is -1.12. The van der Waals surface area contributed by atoms with Crippen molar-refractivity contribution in [2.75, 3.05) is 18.6 Å². The third kappa shape index (κ3) is 3.95. The maximum absolute atomic E-state index is 11.8. The van der Waals surface area contributed by atoms with Gasteiger partial charge in [-0.1, -0.05) is 0 Å². The summed E-state index contributed by atoms with van der Waals surface area (Å²) in [4.78, 5) is 23.7. The van der Waals surface area contributed by atoms with Gasteiger partial charge < -0.3 is 15.3 Å². The second kappa shape index (κ2) is 5.91. The molecular weight excluding hydrogens is 284 g/mol. The maximum atomic E-state index is 11.8. The molecule has 20 heavy (non-hydrogen) atoms. The number of carbonyl (C=O) groups excluding carboxylic acids is 1. The van der Waals surface area contributed by atoms with E-state index in [1.54, 1.807) is 0 Å². The Balaban J connectivity index is 2.79. The van der Waals surface area contributed by atoms with Crippen LogP contribution in [-0.2, 0) is 14.6 Å². The van der Waals surface area contributed by atoms with Crippen LogP contribution in [0.2, 0.25) is 0 Å². The topological polar surface area (TPSA) is 104 Å². The highest BCUT2D eigenvalue weighted by atomic mass is 32.2. The zero-order valence-corrected chi connectivity index (χ0v) is 12.1. The highest BCUT2D eigenvalue weighted by Crippen LogP contribution is 2.14. The van der Waals surface area contributed by atoms with Gasteiger partial charge in [-0.05, 0) is 31.2 Å². The maximum Gasteiger partial charge on any atom is 0.326 e. The molecule has 0 aromatic heterocycles. The molecule has 1 rings (SSSR count). The van der Waals surface area contributed by atoms with E-state index in [1.165, 1.54) is 38.2 Å². The number of carboxylic acids is 1. The van der Waals surface area contributed by atoms with Crippen molar-refractivity contribution < 1.29 is 23.1 Å². The molecule has 110 valence electrons. The minimum absolute atomic E-state index is 0.141.